The molecule has 0 aromatic heterocycles. The van der Waals surface area contributed by atoms with Crippen molar-refractivity contribution in [3.05, 3.63) is 23.8 Å². The second kappa shape index (κ2) is 4.69. The van der Waals surface area contributed by atoms with Crippen LogP contribution in [0.2, 0.25) is 0 Å². The van der Waals surface area contributed by atoms with Crippen molar-refractivity contribution in [2.75, 3.05) is 13.7 Å². The van der Waals surface area contributed by atoms with Crippen LogP contribution in [0.25, 0.3) is 0 Å². The number of hydrogen-bond donors (Lipinski definition) is 0. The van der Waals surface area contributed by atoms with Gasteiger partial charge in [0.25, 0.3) is 0 Å². The molecule has 0 radical (unpaired) electrons. The van der Waals surface area contributed by atoms with Crippen molar-refractivity contribution in [1.29, 1.82) is 0 Å². The molecule has 3 aliphatic rings. The van der Waals surface area contributed by atoms with Gasteiger partial charge in [-0.3, -0.25) is 0 Å². The molecule has 3 nitrogen and oxygen atoms in total. The van der Waals surface area contributed by atoms with Crippen LogP contribution in [-0.2, 0) is 14.2 Å². The zero-order valence-corrected chi connectivity index (χ0v) is 13.1. The average molecular weight is 278 g/mol. The minimum absolute atomic E-state index is 0.0175. The van der Waals surface area contributed by atoms with E-state index in [1.165, 1.54) is 11.1 Å². The Morgan fingerprint density at radius 2 is 2.20 bits per heavy atom. The Balaban J connectivity index is 1.80. The van der Waals surface area contributed by atoms with Gasteiger partial charge in [-0.05, 0) is 45.6 Å². The van der Waals surface area contributed by atoms with Crippen molar-refractivity contribution in [3.63, 3.8) is 0 Å². The van der Waals surface area contributed by atoms with Gasteiger partial charge < -0.3 is 14.2 Å². The molecule has 1 aliphatic carbocycles. The van der Waals surface area contributed by atoms with Crippen molar-refractivity contribution in [2.24, 2.45) is 5.92 Å². The van der Waals surface area contributed by atoms with E-state index in [0.29, 0.717) is 0 Å². The first-order valence-corrected chi connectivity index (χ1v) is 7.58. The lowest BCUT2D eigenvalue weighted by atomic mass is 9.68. The van der Waals surface area contributed by atoms with Crippen molar-refractivity contribution >= 4 is 0 Å². The summed E-state index contributed by atoms with van der Waals surface area (Å²) in [7, 11) is 1.78. The van der Waals surface area contributed by atoms with Crippen LogP contribution in [0.1, 0.15) is 40.0 Å². The van der Waals surface area contributed by atoms with E-state index >= 15 is 0 Å². The lowest BCUT2D eigenvalue weighted by molar-refractivity contribution is -0.0198. The molecular weight excluding hydrogens is 252 g/mol. The largest absolute Gasteiger partial charge is 0.377 e. The number of ether oxygens (including phenoxy) is 3. The zero-order valence-electron chi connectivity index (χ0n) is 13.1. The summed E-state index contributed by atoms with van der Waals surface area (Å²) in [6.07, 6.45) is 5.65. The molecule has 3 rings (SSSR count). The molecule has 5 atom stereocenters. The van der Waals surface area contributed by atoms with Crippen molar-refractivity contribution in [1.82, 2.24) is 0 Å². The predicted octanol–water partition coefficient (Wildman–Crippen LogP) is 3.25. The normalized spacial score (nSPS) is 46.4. The monoisotopic (exact) mass is 278 g/mol. The molecule has 20 heavy (non-hydrogen) atoms. The van der Waals surface area contributed by atoms with Gasteiger partial charge in [0.15, 0.2) is 0 Å². The third kappa shape index (κ3) is 2.16. The molecule has 2 saturated heterocycles. The van der Waals surface area contributed by atoms with Crippen LogP contribution in [0.3, 0.4) is 0 Å². The predicted molar refractivity (Wildman–Crippen MR) is 78.7 cm³/mol. The van der Waals surface area contributed by atoms with E-state index in [9.17, 15) is 0 Å². The molecule has 0 N–H and O–H groups in total. The number of allylic oxidation sites excluding steroid dienone is 1. The van der Waals surface area contributed by atoms with Crippen LogP contribution in [0, 0.1) is 5.92 Å². The first kappa shape index (κ1) is 14.3. The molecule has 1 saturated carbocycles. The van der Waals surface area contributed by atoms with Crippen LogP contribution in [-0.4, -0.2) is 37.1 Å². The first-order valence-electron chi connectivity index (χ1n) is 7.58. The molecular formula is C17H26O3. The second-order valence-electron chi connectivity index (χ2n) is 6.95. The molecule has 3 heteroatoms. The van der Waals surface area contributed by atoms with Gasteiger partial charge in [-0.2, -0.15) is 0 Å². The Kier molecular flexibility index (Phi) is 3.35. The summed E-state index contributed by atoms with van der Waals surface area (Å²) in [5, 5.41) is 0. The van der Waals surface area contributed by atoms with Crippen LogP contribution in [0.15, 0.2) is 23.8 Å². The van der Waals surface area contributed by atoms with Gasteiger partial charge >= 0.3 is 0 Å². The van der Waals surface area contributed by atoms with Gasteiger partial charge in [-0.1, -0.05) is 18.2 Å². The summed E-state index contributed by atoms with van der Waals surface area (Å²) < 4.78 is 17.7. The van der Waals surface area contributed by atoms with Crippen molar-refractivity contribution in [3.8, 4) is 0 Å². The highest BCUT2D eigenvalue weighted by atomic mass is 16.6. The Bertz CT molecular complexity index is 445. The Labute approximate surface area is 122 Å². The molecule has 2 unspecified atom stereocenters. The minimum Gasteiger partial charge on any atom is -0.377 e. The maximum atomic E-state index is 6.10. The van der Waals surface area contributed by atoms with E-state index in [1.54, 1.807) is 7.11 Å². The summed E-state index contributed by atoms with van der Waals surface area (Å²) in [4.78, 5) is 0. The van der Waals surface area contributed by atoms with Crippen LogP contribution in [0.5, 0.6) is 0 Å². The van der Waals surface area contributed by atoms with E-state index in [2.05, 4.69) is 33.4 Å². The van der Waals surface area contributed by atoms with E-state index in [0.717, 1.165) is 25.9 Å². The maximum Gasteiger partial charge on any atom is 0.101 e. The molecule has 112 valence electrons. The molecule has 1 spiro atoms. The fourth-order valence-electron chi connectivity index (χ4n) is 3.89. The number of hydrogen-bond acceptors (Lipinski definition) is 3. The van der Waals surface area contributed by atoms with Crippen LogP contribution in [0.4, 0.5) is 0 Å². The smallest absolute Gasteiger partial charge is 0.101 e. The van der Waals surface area contributed by atoms with Gasteiger partial charge in [0, 0.05) is 7.11 Å². The van der Waals surface area contributed by atoms with Gasteiger partial charge in [-0.25, -0.2) is 0 Å². The van der Waals surface area contributed by atoms with Crippen molar-refractivity contribution in [2.45, 2.75) is 63.4 Å². The fraction of sp³-hybridized carbons (Fsp3) is 0.765. The maximum absolute atomic E-state index is 6.10. The fourth-order valence-corrected chi connectivity index (χ4v) is 3.89. The lowest BCUT2D eigenvalue weighted by Gasteiger charge is -2.39. The topological polar surface area (TPSA) is 34.3 Å². The summed E-state index contributed by atoms with van der Waals surface area (Å²) in [6, 6.07) is 0. The molecule has 2 aliphatic heterocycles. The Morgan fingerprint density at radius 1 is 1.50 bits per heavy atom. The third-order valence-corrected chi connectivity index (χ3v) is 5.25. The third-order valence-electron chi connectivity index (χ3n) is 5.25. The molecule has 0 aromatic carbocycles. The number of methoxy groups -OCH3 is 1. The quantitative estimate of drug-likeness (QED) is 0.585. The second-order valence-corrected chi connectivity index (χ2v) is 6.95. The number of epoxide rings is 2. The Morgan fingerprint density at radius 3 is 2.75 bits per heavy atom. The summed E-state index contributed by atoms with van der Waals surface area (Å²) in [6.45, 7) is 11.5. The average Bonchev–Trinajstić information content (AvgIpc) is 3.29. The van der Waals surface area contributed by atoms with E-state index in [4.69, 9.17) is 14.2 Å². The highest BCUT2D eigenvalue weighted by molar-refractivity contribution is 5.26. The van der Waals surface area contributed by atoms with Crippen LogP contribution < -0.4 is 0 Å². The molecule has 0 amide bonds. The zero-order chi connectivity index (χ0) is 14.5. The highest BCUT2D eigenvalue weighted by Crippen LogP contribution is 2.59. The highest BCUT2D eigenvalue weighted by Gasteiger charge is 2.70. The summed E-state index contributed by atoms with van der Waals surface area (Å²) >= 11 is 0. The minimum atomic E-state index is -0.132. The van der Waals surface area contributed by atoms with Crippen molar-refractivity contribution < 1.29 is 14.2 Å². The summed E-state index contributed by atoms with van der Waals surface area (Å²) in [5.74, 6) is 0.275. The van der Waals surface area contributed by atoms with E-state index in [-0.39, 0.29) is 29.3 Å². The van der Waals surface area contributed by atoms with Gasteiger partial charge in [0.2, 0.25) is 0 Å². The molecule has 0 bridgehead atoms. The van der Waals surface area contributed by atoms with Gasteiger partial charge in [0.1, 0.15) is 11.2 Å². The van der Waals surface area contributed by atoms with E-state index in [1.807, 2.05) is 0 Å². The standard InChI is InChI=1S/C17H26O3/c1-11(2)6-7-13-16(4,20-13)15-14(18-5)12(3)8-9-17(15)10-19-17/h6,13-15H,3,7-10H2,1-2,4-5H3/t13-,14-,15?,16?,17+/m1/s1. The van der Waals surface area contributed by atoms with Gasteiger partial charge in [-0.15, -0.1) is 0 Å². The SMILES string of the molecule is C=C1CC[C@]2(CO2)C(C2(C)O[C@@H]2CC=C(C)C)[C@@H]1OC. The Hall–Kier alpha value is -0.640. The summed E-state index contributed by atoms with van der Waals surface area (Å²) in [5.41, 5.74) is 2.39. The first-order chi connectivity index (χ1) is 9.43. The van der Waals surface area contributed by atoms with Crippen LogP contribution >= 0.6 is 0 Å². The molecule has 2 heterocycles. The van der Waals surface area contributed by atoms with Gasteiger partial charge in [0.05, 0.1) is 24.7 Å². The molecule has 0 aromatic rings. The lowest BCUT2D eigenvalue weighted by Crippen LogP contribution is -2.49. The number of rotatable bonds is 4. The molecule has 3 fully saturated rings. The van der Waals surface area contributed by atoms with E-state index < -0.39 is 0 Å².